The van der Waals surface area contributed by atoms with Crippen molar-refractivity contribution < 1.29 is 19.4 Å². The number of fused-ring (bicyclic) bond motifs is 1. The molecule has 1 N–H and O–H groups in total. The second-order valence-electron chi connectivity index (χ2n) is 9.02. The first-order valence-corrected chi connectivity index (χ1v) is 12.1. The van der Waals surface area contributed by atoms with Gasteiger partial charge in [-0.1, -0.05) is 48.0 Å². The first-order chi connectivity index (χ1) is 17.0. The number of hydrogen-bond acceptors (Lipinski definition) is 4. The molecule has 35 heavy (non-hydrogen) atoms. The number of aliphatic hydroxyl groups excluding tert-OH is 1. The highest BCUT2D eigenvalue weighted by atomic mass is 35.5. The van der Waals surface area contributed by atoms with Crippen LogP contribution in [0.25, 0.3) is 5.76 Å². The summed E-state index contributed by atoms with van der Waals surface area (Å²) in [6.45, 7) is 0.211. The lowest BCUT2D eigenvalue weighted by atomic mass is 9.88. The molecular weight excluding hydrogens is 462 g/mol. The number of halogens is 1. The number of aliphatic hydroxyl groups is 1. The number of ketones is 1. The third-order valence-electron chi connectivity index (χ3n) is 6.86. The summed E-state index contributed by atoms with van der Waals surface area (Å²) in [5.74, 6) is -0.764. The van der Waals surface area contributed by atoms with Crippen LogP contribution >= 0.6 is 11.6 Å². The van der Waals surface area contributed by atoms with Gasteiger partial charge < -0.3 is 14.7 Å². The molecule has 1 aliphatic carbocycles. The number of carbonyl (C=O) groups excluding carboxylic acids is 2. The van der Waals surface area contributed by atoms with E-state index in [2.05, 4.69) is 0 Å². The average molecular weight is 488 g/mol. The van der Waals surface area contributed by atoms with E-state index in [0.29, 0.717) is 21.9 Å². The van der Waals surface area contributed by atoms with Gasteiger partial charge in [0, 0.05) is 17.1 Å². The first-order valence-electron chi connectivity index (χ1n) is 11.8. The molecule has 0 radical (unpaired) electrons. The Labute approximate surface area is 209 Å². The predicted octanol–water partition coefficient (Wildman–Crippen LogP) is 5.85. The van der Waals surface area contributed by atoms with Crippen molar-refractivity contribution in [2.45, 2.75) is 38.3 Å². The summed E-state index contributed by atoms with van der Waals surface area (Å²) < 4.78 is 5.23. The molecule has 0 bridgehead atoms. The van der Waals surface area contributed by atoms with E-state index in [1.165, 1.54) is 16.0 Å². The van der Waals surface area contributed by atoms with Gasteiger partial charge in [-0.25, -0.2) is 0 Å². The minimum Gasteiger partial charge on any atom is -0.507 e. The van der Waals surface area contributed by atoms with Crippen LogP contribution in [0.3, 0.4) is 0 Å². The second kappa shape index (κ2) is 9.59. The molecule has 1 heterocycles. The molecule has 0 saturated carbocycles. The summed E-state index contributed by atoms with van der Waals surface area (Å²) in [5, 5.41) is 11.9. The van der Waals surface area contributed by atoms with E-state index in [1.807, 2.05) is 42.5 Å². The fraction of sp³-hybridized carbons (Fsp3) is 0.241. The zero-order valence-corrected chi connectivity index (χ0v) is 20.2. The lowest BCUT2D eigenvalue weighted by molar-refractivity contribution is -0.140. The molecule has 1 aliphatic heterocycles. The number of nitrogens with zero attached hydrogens (tertiary/aromatic N) is 1. The first kappa shape index (κ1) is 23.2. The lowest BCUT2D eigenvalue weighted by Crippen LogP contribution is -2.29. The van der Waals surface area contributed by atoms with Gasteiger partial charge >= 0.3 is 0 Å². The monoisotopic (exact) mass is 487 g/mol. The SMILES string of the molecule is COc1ccc(CN2C(=O)C(=O)/C(=C(\O)c3ccc4c(c3)CCCC4)C2c2ccc(Cl)cc2)cc1. The standard InChI is InChI=1S/C29H26ClNO4/c1-35-24-14-6-18(7-15-24)17-31-26(20-10-12-23(30)13-11-20)25(28(33)29(31)34)27(32)22-9-8-19-4-2-3-5-21(19)16-22/h6-16,26,32H,2-5,17H2,1H3/b27-25-. The molecular formula is C29H26ClNO4. The summed E-state index contributed by atoms with van der Waals surface area (Å²) in [5.41, 5.74) is 4.69. The van der Waals surface area contributed by atoms with E-state index in [-0.39, 0.29) is 17.9 Å². The van der Waals surface area contributed by atoms with Gasteiger partial charge in [-0.3, -0.25) is 9.59 Å². The second-order valence-corrected chi connectivity index (χ2v) is 9.45. The quantitative estimate of drug-likeness (QED) is 0.278. The van der Waals surface area contributed by atoms with Crippen LogP contribution in [0.1, 0.15) is 46.7 Å². The fourth-order valence-electron chi connectivity index (χ4n) is 5.00. The number of benzene rings is 3. The fourth-order valence-corrected chi connectivity index (χ4v) is 5.12. The van der Waals surface area contributed by atoms with E-state index in [9.17, 15) is 14.7 Å². The van der Waals surface area contributed by atoms with Gasteiger partial charge in [0.25, 0.3) is 11.7 Å². The number of carbonyl (C=O) groups is 2. The normalized spacial score (nSPS) is 19.0. The minimum atomic E-state index is -0.731. The molecule has 1 unspecified atom stereocenters. The number of amides is 1. The summed E-state index contributed by atoms with van der Waals surface area (Å²) in [6.07, 6.45) is 4.23. The Morgan fingerprint density at radius 1 is 0.971 bits per heavy atom. The molecule has 1 fully saturated rings. The Balaban J connectivity index is 1.60. The van der Waals surface area contributed by atoms with Crippen molar-refractivity contribution in [2.24, 2.45) is 0 Å². The van der Waals surface area contributed by atoms with Gasteiger partial charge in [0.1, 0.15) is 11.5 Å². The molecule has 178 valence electrons. The lowest BCUT2D eigenvalue weighted by Gasteiger charge is -2.26. The van der Waals surface area contributed by atoms with Crippen molar-refractivity contribution in [3.63, 3.8) is 0 Å². The summed E-state index contributed by atoms with van der Waals surface area (Å²) >= 11 is 6.11. The number of ether oxygens (including phenoxy) is 1. The predicted molar refractivity (Wildman–Crippen MR) is 135 cm³/mol. The summed E-state index contributed by atoms with van der Waals surface area (Å²) in [6, 6.07) is 19.5. The van der Waals surface area contributed by atoms with Crippen LogP contribution in [0.5, 0.6) is 5.75 Å². The van der Waals surface area contributed by atoms with Crippen molar-refractivity contribution in [2.75, 3.05) is 7.11 Å². The van der Waals surface area contributed by atoms with Crippen LogP contribution in [0, 0.1) is 0 Å². The minimum absolute atomic E-state index is 0.0987. The zero-order valence-electron chi connectivity index (χ0n) is 19.5. The molecule has 3 aromatic rings. The zero-order chi connectivity index (χ0) is 24.5. The average Bonchev–Trinajstić information content (AvgIpc) is 3.13. The highest BCUT2D eigenvalue weighted by Crippen LogP contribution is 2.41. The highest BCUT2D eigenvalue weighted by molar-refractivity contribution is 6.46. The van der Waals surface area contributed by atoms with Crippen LogP contribution in [0.4, 0.5) is 0 Å². The molecule has 0 aromatic heterocycles. The van der Waals surface area contributed by atoms with Crippen LogP contribution in [-0.2, 0) is 29.0 Å². The van der Waals surface area contributed by atoms with Crippen LogP contribution in [0.15, 0.2) is 72.3 Å². The van der Waals surface area contributed by atoms with Gasteiger partial charge in [0.15, 0.2) is 0 Å². The number of Topliss-reactive ketones (excluding diaryl/α,β-unsaturated/α-hetero) is 1. The van der Waals surface area contributed by atoms with Crippen molar-refractivity contribution in [3.8, 4) is 5.75 Å². The van der Waals surface area contributed by atoms with Crippen LogP contribution in [-0.4, -0.2) is 28.8 Å². The number of aryl methyl sites for hydroxylation is 2. The topological polar surface area (TPSA) is 66.8 Å². The summed E-state index contributed by atoms with van der Waals surface area (Å²) in [4.78, 5) is 28.1. The molecule has 0 spiro atoms. The number of methoxy groups -OCH3 is 1. The number of likely N-dealkylation sites (tertiary alicyclic amines) is 1. The maximum absolute atomic E-state index is 13.3. The van der Waals surface area contributed by atoms with Crippen molar-refractivity contribution in [3.05, 3.63) is 105 Å². The van der Waals surface area contributed by atoms with Gasteiger partial charge in [0.2, 0.25) is 0 Å². The largest absolute Gasteiger partial charge is 0.507 e. The van der Waals surface area contributed by atoms with Crippen LogP contribution < -0.4 is 4.74 Å². The number of hydrogen-bond donors (Lipinski definition) is 1. The number of rotatable bonds is 5. The molecule has 6 heteroatoms. The Morgan fingerprint density at radius 2 is 1.66 bits per heavy atom. The molecule has 2 aliphatic rings. The van der Waals surface area contributed by atoms with Crippen LogP contribution in [0.2, 0.25) is 5.02 Å². The van der Waals surface area contributed by atoms with E-state index in [4.69, 9.17) is 16.3 Å². The third kappa shape index (κ3) is 4.44. The van der Waals surface area contributed by atoms with Gasteiger partial charge in [-0.2, -0.15) is 0 Å². The van der Waals surface area contributed by atoms with Gasteiger partial charge in [0.05, 0.1) is 18.7 Å². The smallest absolute Gasteiger partial charge is 0.295 e. The van der Waals surface area contributed by atoms with E-state index in [0.717, 1.165) is 31.2 Å². The van der Waals surface area contributed by atoms with Crippen molar-refractivity contribution in [1.29, 1.82) is 0 Å². The molecule has 1 atom stereocenters. The molecule has 1 saturated heterocycles. The Kier molecular flexibility index (Phi) is 6.35. The maximum Gasteiger partial charge on any atom is 0.295 e. The van der Waals surface area contributed by atoms with E-state index in [1.54, 1.807) is 31.4 Å². The summed E-state index contributed by atoms with van der Waals surface area (Å²) in [7, 11) is 1.59. The third-order valence-corrected chi connectivity index (χ3v) is 7.11. The maximum atomic E-state index is 13.3. The molecule has 5 rings (SSSR count). The Bertz CT molecular complexity index is 1310. The van der Waals surface area contributed by atoms with Crippen molar-refractivity contribution >= 4 is 29.1 Å². The highest BCUT2D eigenvalue weighted by Gasteiger charge is 2.46. The molecule has 1 amide bonds. The van der Waals surface area contributed by atoms with Gasteiger partial charge in [-0.15, -0.1) is 0 Å². The Morgan fingerprint density at radius 3 is 2.34 bits per heavy atom. The molecule has 5 nitrogen and oxygen atoms in total. The van der Waals surface area contributed by atoms with Crippen molar-refractivity contribution in [1.82, 2.24) is 4.90 Å². The van der Waals surface area contributed by atoms with E-state index >= 15 is 0 Å². The van der Waals surface area contributed by atoms with E-state index < -0.39 is 17.7 Å². The Hall–Kier alpha value is -3.57. The molecule has 3 aromatic carbocycles. The van der Waals surface area contributed by atoms with Gasteiger partial charge in [-0.05, 0) is 78.3 Å².